The van der Waals surface area contributed by atoms with Crippen LogP contribution in [0.5, 0.6) is 0 Å². The summed E-state index contributed by atoms with van der Waals surface area (Å²) in [5.74, 6) is 1.26. The number of aliphatic hydroxyl groups excluding tert-OH is 1. The third kappa shape index (κ3) is 2.79. The third-order valence-corrected chi connectivity index (χ3v) is 3.17. The highest BCUT2D eigenvalue weighted by molar-refractivity contribution is 4.90. The van der Waals surface area contributed by atoms with Gasteiger partial charge in [-0.1, -0.05) is 12.8 Å². The molecule has 2 atom stereocenters. The second-order valence-corrected chi connectivity index (χ2v) is 4.18. The van der Waals surface area contributed by atoms with Crippen LogP contribution in [0.1, 0.15) is 31.4 Å². The van der Waals surface area contributed by atoms with E-state index in [2.05, 4.69) is 10.3 Å². The van der Waals surface area contributed by atoms with Gasteiger partial charge in [-0.15, -0.1) is 0 Å². The van der Waals surface area contributed by atoms with Crippen LogP contribution in [0.15, 0.2) is 17.0 Å². The number of nitrogens with zero attached hydrogens (tertiary/aromatic N) is 1. The topological polar surface area (TPSA) is 58.3 Å². The Balaban J connectivity index is 1.81. The molecule has 0 radical (unpaired) electrons. The monoisotopic (exact) mass is 210 g/mol. The van der Waals surface area contributed by atoms with Crippen LogP contribution in [0.25, 0.3) is 0 Å². The quantitative estimate of drug-likeness (QED) is 0.786. The van der Waals surface area contributed by atoms with Gasteiger partial charge in [-0.25, -0.2) is 4.98 Å². The summed E-state index contributed by atoms with van der Waals surface area (Å²) in [7, 11) is 0. The maximum atomic E-state index is 9.24. The molecule has 4 heteroatoms. The smallest absolute Gasteiger partial charge is 0.180 e. The number of rotatable bonds is 4. The van der Waals surface area contributed by atoms with Crippen molar-refractivity contribution in [2.24, 2.45) is 5.92 Å². The van der Waals surface area contributed by atoms with Gasteiger partial charge in [-0.05, 0) is 18.8 Å². The predicted molar refractivity (Wildman–Crippen MR) is 56.2 cm³/mol. The first-order valence-electron chi connectivity index (χ1n) is 5.61. The lowest BCUT2D eigenvalue weighted by atomic mass is 9.85. The van der Waals surface area contributed by atoms with Crippen LogP contribution in [0.2, 0.25) is 0 Å². The normalized spacial score (nSPS) is 26.7. The lowest BCUT2D eigenvalue weighted by Gasteiger charge is -2.30. The first kappa shape index (κ1) is 10.6. The van der Waals surface area contributed by atoms with Gasteiger partial charge >= 0.3 is 0 Å². The summed E-state index contributed by atoms with van der Waals surface area (Å²) in [6, 6.07) is 0.425. The molecule has 0 saturated heterocycles. The van der Waals surface area contributed by atoms with Crippen molar-refractivity contribution in [3.8, 4) is 0 Å². The molecule has 0 spiro atoms. The minimum absolute atomic E-state index is 0.286. The summed E-state index contributed by atoms with van der Waals surface area (Å²) < 4.78 is 5.16. The average Bonchev–Trinajstić information content (AvgIpc) is 2.79. The number of aliphatic hydroxyl groups is 1. The Labute approximate surface area is 89.7 Å². The molecule has 1 fully saturated rings. The van der Waals surface area contributed by atoms with Crippen molar-refractivity contribution >= 4 is 0 Å². The molecule has 15 heavy (non-hydrogen) atoms. The van der Waals surface area contributed by atoms with Gasteiger partial charge in [0.2, 0.25) is 0 Å². The second-order valence-electron chi connectivity index (χ2n) is 4.18. The molecule has 0 amide bonds. The van der Waals surface area contributed by atoms with Gasteiger partial charge in [0.1, 0.15) is 5.76 Å². The van der Waals surface area contributed by atoms with Crippen LogP contribution < -0.4 is 5.32 Å². The average molecular weight is 210 g/mol. The van der Waals surface area contributed by atoms with E-state index in [0.29, 0.717) is 18.5 Å². The Hall–Kier alpha value is -0.870. The molecule has 2 unspecified atom stereocenters. The van der Waals surface area contributed by atoms with Gasteiger partial charge in [0.15, 0.2) is 6.39 Å². The number of nitrogens with one attached hydrogen (secondary N) is 1. The van der Waals surface area contributed by atoms with Crippen LogP contribution in [0.3, 0.4) is 0 Å². The Morgan fingerprint density at radius 1 is 1.47 bits per heavy atom. The van der Waals surface area contributed by atoms with Crippen molar-refractivity contribution in [2.45, 2.75) is 38.3 Å². The van der Waals surface area contributed by atoms with E-state index in [4.69, 9.17) is 4.42 Å². The van der Waals surface area contributed by atoms with Gasteiger partial charge in [-0.2, -0.15) is 0 Å². The fraction of sp³-hybridized carbons (Fsp3) is 0.727. The van der Waals surface area contributed by atoms with Crippen molar-refractivity contribution in [3.05, 3.63) is 18.4 Å². The number of hydrogen-bond acceptors (Lipinski definition) is 4. The van der Waals surface area contributed by atoms with E-state index >= 15 is 0 Å². The first-order chi connectivity index (χ1) is 7.40. The highest BCUT2D eigenvalue weighted by Gasteiger charge is 2.23. The second kappa shape index (κ2) is 5.28. The van der Waals surface area contributed by atoms with E-state index in [1.807, 2.05) is 0 Å². The van der Waals surface area contributed by atoms with Crippen molar-refractivity contribution in [1.29, 1.82) is 0 Å². The molecular weight excluding hydrogens is 192 g/mol. The van der Waals surface area contributed by atoms with Crippen LogP contribution in [0.4, 0.5) is 0 Å². The summed E-state index contributed by atoms with van der Waals surface area (Å²) >= 11 is 0. The van der Waals surface area contributed by atoms with Gasteiger partial charge in [0.25, 0.3) is 0 Å². The van der Waals surface area contributed by atoms with Crippen molar-refractivity contribution in [1.82, 2.24) is 10.3 Å². The Bertz CT molecular complexity index is 274. The predicted octanol–water partition coefficient (Wildman–Crippen LogP) is 1.32. The zero-order valence-corrected chi connectivity index (χ0v) is 8.85. The highest BCUT2D eigenvalue weighted by Crippen LogP contribution is 2.24. The summed E-state index contributed by atoms with van der Waals surface area (Å²) in [6.07, 6.45) is 7.95. The molecule has 0 aliphatic heterocycles. The van der Waals surface area contributed by atoms with E-state index in [1.165, 1.54) is 19.2 Å². The van der Waals surface area contributed by atoms with Gasteiger partial charge < -0.3 is 14.8 Å². The first-order valence-corrected chi connectivity index (χ1v) is 5.61. The molecule has 1 aliphatic rings. The standard InChI is InChI=1S/C11H18N2O2/c14-7-9-3-1-2-4-11(9)13-6-10-5-12-8-15-10/h5,8-9,11,13-14H,1-4,6-7H2. The molecule has 1 aromatic heterocycles. The fourth-order valence-electron chi connectivity index (χ4n) is 2.26. The molecule has 1 aliphatic carbocycles. The van der Waals surface area contributed by atoms with Gasteiger partial charge in [0.05, 0.1) is 12.7 Å². The van der Waals surface area contributed by atoms with Crippen molar-refractivity contribution in [3.63, 3.8) is 0 Å². The minimum atomic E-state index is 0.286. The molecule has 2 rings (SSSR count). The lowest BCUT2D eigenvalue weighted by Crippen LogP contribution is -2.39. The molecule has 2 N–H and O–H groups in total. The van der Waals surface area contributed by atoms with E-state index in [9.17, 15) is 5.11 Å². The Kier molecular flexibility index (Phi) is 3.75. The summed E-state index contributed by atoms with van der Waals surface area (Å²) in [6.45, 7) is 0.995. The minimum Gasteiger partial charge on any atom is -0.447 e. The van der Waals surface area contributed by atoms with E-state index in [0.717, 1.165) is 18.6 Å². The highest BCUT2D eigenvalue weighted by atomic mass is 16.3. The Morgan fingerprint density at radius 3 is 3.07 bits per heavy atom. The zero-order chi connectivity index (χ0) is 10.5. The van der Waals surface area contributed by atoms with Crippen LogP contribution in [-0.4, -0.2) is 22.7 Å². The maximum Gasteiger partial charge on any atom is 0.180 e. The lowest BCUT2D eigenvalue weighted by molar-refractivity contribution is 0.151. The fourth-order valence-corrected chi connectivity index (χ4v) is 2.26. The molecule has 1 saturated carbocycles. The molecular formula is C11H18N2O2. The van der Waals surface area contributed by atoms with E-state index in [1.54, 1.807) is 6.20 Å². The summed E-state index contributed by atoms with van der Waals surface area (Å²) in [5.41, 5.74) is 0. The molecule has 84 valence electrons. The molecule has 0 aromatic carbocycles. The SMILES string of the molecule is OCC1CCCCC1NCc1cnco1. The van der Waals surface area contributed by atoms with Crippen LogP contribution in [0, 0.1) is 5.92 Å². The number of hydrogen-bond donors (Lipinski definition) is 2. The molecule has 1 aromatic rings. The van der Waals surface area contributed by atoms with Crippen LogP contribution >= 0.6 is 0 Å². The summed E-state index contributed by atoms with van der Waals surface area (Å²) in [5, 5.41) is 12.7. The number of aromatic nitrogens is 1. The van der Waals surface area contributed by atoms with Crippen molar-refractivity contribution < 1.29 is 9.52 Å². The number of oxazole rings is 1. The van der Waals surface area contributed by atoms with Gasteiger partial charge in [-0.3, -0.25) is 0 Å². The van der Waals surface area contributed by atoms with Gasteiger partial charge in [0, 0.05) is 12.6 Å². The van der Waals surface area contributed by atoms with Crippen molar-refractivity contribution in [2.75, 3.05) is 6.61 Å². The van der Waals surface area contributed by atoms with E-state index in [-0.39, 0.29) is 6.61 Å². The van der Waals surface area contributed by atoms with Crippen LogP contribution in [-0.2, 0) is 6.54 Å². The maximum absolute atomic E-state index is 9.24. The zero-order valence-electron chi connectivity index (χ0n) is 8.85. The molecule has 0 bridgehead atoms. The third-order valence-electron chi connectivity index (χ3n) is 3.17. The molecule has 1 heterocycles. The largest absolute Gasteiger partial charge is 0.447 e. The molecule has 4 nitrogen and oxygen atoms in total. The Morgan fingerprint density at radius 2 is 2.33 bits per heavy atom. The summed E-state index contributed by atoms with van der Waals surface area (Å²) in [4.78, 5) is 3.87. The van der Waals surface area contributed by atoms with E-state index < -0.39 is 0 Å².